The Kier molecular flexibility index (Phi) is 9.62. The number of imidazole rings is 1. The quantitative estimate of drug-likeness (QED) is 0.395. The van der Waals surface area contributed by atoms with E-state index >= 15 is 0 Å². The first-order valence-electron chi connectivity index (χ1n) is 8.80. The summed E-state index contributed by atoms with van der Waals surface area (Å²) in [6, 6.07) is 16.3. The molecule has 0 spiro atoms. The molecule has 3 aromatic rings. The summed E-state index contributed by atoms with van der Waals surface area (Å²) in [6.45, 7) is 4.22. The average molecular weight is 424 g/mol. The number of nitrogens with one attached hydrogen (secondary N) is 2. The molecule has 2 aromatic carbocycles. The molecule has 1 aromatic heterocycles. The van der Waals surface area contributed by atoms with E-state index in [1.165, 1.54) is 5.56 Å². The third kappa shape index (κ3) is 5.88. The molecule has 8 heteroatoms. The molecular weight excluding hydrogens is 401 g/mol. The molecule has 4 N–H and O–H groups in total. The molecule has 1 aliphatic heterocycles. The van der Waals surface area contributed by atoms with E-state index < -0.39 is 6.73 Å². The molecule has 0 amide bonds. The van der Waals surface area contributed by atoms with Gasteiger partial charge in [0.1, 0.15) is 17.3 Å². The van der Waals surface area contributed by atoms with Crippen LogP contribution in [0.2, 0.25) is 5.02 Å². The van der Waals surface area contributed by atoms with Crippen molar-refractivity contribution < 1.29 is 56.5 Å². The van der Waals surface area contributed by atoms with E-state index in [0.29, 0.717) is 0 Å². The van der Waals surface area contributed by atoms with Gasteiger partial charge in [0.25, 0.3) is 0 Å². The van der Waals surface area contributed by atoms with Gasteiger partial charge < -0.3 is 26.0 Å². The Morgan fingerprint density at radius 3 is 2.64 bits per heavy atom. The second kappa shape index (κ2) is 11.4. The first-order valence-corrected chi connectivity index (χ1v) is 9.18. The number of rotatable bonds is 3. The van der Waals surface area contributed by atoms with Crippen molar-refractivity contribution >= 4 is 23.1 Å². The zero-order valence-corrected chi connectivity index (χ0v) is 20.1. The molecule has 0 radical (unpaired) electrons. The molecule has 28 heavy (non-hydrogen) atoms. The van der Waals surface area contributed by atoms with Crippen LogP contribution in [0.5, 0.6) is 0 Å². The number of halogens is 1. The fraction of sp³-hybridized carbons (Fsp3) is 0.250. The Morgan fingerprint density at radius 1 is 1.25 bits per heavy atom. The van der Waals surface area contributed by atoms with Crippen molar-refractivity contribution in [3.05, 3.63) is 64.9 Å². The zero-order valence-electron chi connectivity index (χ0n) is 16.2. The Balaban J connectivity index is 0.000000660. The Labute approximate surface area is 212 Å². The average Bonchev–Trinajstić information content (AvgIpc) is 3.03. The smallest absolute Gasteiger partial charge is 0.843 e. The number of aryl methyl sites for hydroxylation is 1. The zero-order chi connectivity index (χ0) is 19.2. The number of aromatic nitrogens is 2. The maximum Gasteiger partial charge on any atom is 1.00 e. The fourth-order valence-electron chi connectivity index (χ4n) is 3.00. The summed E-state index contributed by atoms with van der Waals surface area (Å²) in [7, 11) is 0. The topological polar surface area (TPSA) is 91.0 Å². The van der Waals surface area contributed by atoms with Gasteiger partial charge in [0.15, 0.2) is 0 Å². The fourth-order valence-corrected chi connectivity index (χ4v) is 3.19. The van der Waals surface area contributed by atoms with Crippen molar-refractivity contribution in [1.82, 2.24) is 14.9 Å². The van der Waals surface area contributed by atoms with Gasteiger partial charge in [-0.2, -0.15) is 0 Å². The van der Waals surface area contributed by atoms with Crippen LogP contribution in [-0.2, 0) is 13.1 Å². The predicted molar refractivity (Wildman–Crippen MR) is 108 cm³/mol. The number of anilines is 2. The van der Waals surface area contributed by atoms with Crippen molar-refractivity contribution in [3.63, 3.8) is 0 Å². The molecule has 0 saturated heterocycles. The van der Waals surface area contributed by atoms with Crippen LogP contribution in [0.4, 0.5) is 11.5 Å². The van der Waals surface area contributed by atoms with Crippen LogP contribution in [0.1, 0.15) is 11.4 Å². The summed E-state index contributed by atoms with van der Waals surface area (Å²) in [5.41, 5.74) is 8.57. The normalized spacial score (nSPS) is 12.3. The maximum atomic E-state index is 8.71. The molecule has 0 saturated carbocycles. The number of nitrogens with two attached hydrogens (primary N) is 1. The van der Waals surface area contributed by atoms with E-state index in [9.17, 15) is 0 Å². The third-order valence-corrected chi connectivity index (χ3v) is 4.49. The van der Waals surface area contributed by atoms with Gasteiger partial charge in [0.05, 0.1) is 6.54 Å². The number of benzene rings is 2. The first kappa shape index (κ1) is 23.5. The Morgan fingerprint density at radius 2 is 1.96 bits per heavy atom. The minimum absolute atomic E-state index is 0. The molecule has 4 rings (SSSR count). The van der Waals surface area contributed by atoms with E-state index in [1.54, 1.807) is 0 Å². The summed E-state index contributed by atoms with van der Waals surface area (Å²) in [5, 5.41) is 16.4. The molecule has 1 aliphatic rings. The molecule has 0 unspecified atom stereocenters. The van der Waals surface area contributed by atoms with Gasteiger partial charge in [-0.05, 0) is 31.2 Å². The van der Waals surface area contributed by atoms with Crippen molar-refractivity contribution in [2.75, 3.05) is 18.6 Å². The summed E-state index contributed by atoms with van der Waals surface area (Å²) < 4.78 is 2.26. The predicted octanol–water partition coefficient (Wildman–Crippen LogP) is -0.374. The third-order valence-electron chi connectivity index (χ3n) is 4.25. The molecule has 6 nitrogen and oxygen atoms in total. The largest absolute Gasteiger partial charge is 1.00 e. The van der Waals surface area contributed by atoms with E-state index in [0.717, 1.165) is 53.2 Å². The van der Waals surface area contributed by atoms with Gasteiger partial charge in [0.2, 0.25) is 0 Å². The number of hydrogen-bond acceptors (Lipinski definition) is 5. The minimum Gasteiger partial charge on any atom is -0.843 e. The van der Waals surface area contributed by atoms with Gasteiger partial charge in [0, 0.05) is 29.4 Å². The van der Waals surface area contributed by atoms with Crippen molar-refractivity contribution in [1.29, 1.82) is 0 Å². The SMILES string of the molecule is Cc1ccc(Nc2c(-c3cccc(Cl)c3)nc3n2CCNC3)cc1.NC[O-].[K+]. The van der Waals surface area contributed by atoms with Gasteiger partial charge in [-0.25, -0.2) is 4.98 Å². The molecule has 0 atom stereocenters. The molecular formula is C20H23ClKN5O. The van der Waals surface area contributed by atoms with Gasteiger partial charge in [-0.15, -0.1) is 0 Å². The van der Waals surface area contributed by atoms with Crippen molar-refractivity contribution in [2.45, 2.75) is 20.0 Å². The van der Waals surface area contributed by atoms with Crippen LogP contribution in [0.25, 0.3) is 11.3 Å². The van der Waals surface area contributed by atoms with E-state index in [-0.39, 0.29) is 51.4 Å². The van der Waals surface area contributed by atoms with Crippen LogP contribution in [0, 0.1) is 6.92 Å². The maximum absolute atomic E-state index is 8.71. The van der Waals surface area contributed by atoms with Crippen LogP contribution in [-0.4, -0.2) is 22.8 Å². The van der Waals surface area contributed by atoms with E-state index in [1.807, 2.05) is 24.3 Å². The van der Waals surface area contributed by atoms with Crippen LogP contribution in [0.15, 0.2) is 48.5 Å². The molecule has 0 bridgehead atoms. The molecule has 142 valence electrons. The number of fused-ring (bicyclic) bond motifs is 1. The Hall–Kier alpha value is -0.744. The molecule has 2 heterocycles. The summed E-state index contributed by atoms with van der Waals surface area (Å²) >= 11 is 6.18. The van der Waals surface area contributed by atoms with E-state index in [2.05, 4.69) is 52.1 Å². The minimum atomic E-state index is -0.500. The van der Waals surface area contributed by atoms with Crippen molar-refractivity contribution in [3.8, 4) is 11.3 Å². The monoisotopic (exact) mass is 423 g/mol. The van der Waals surface area contributed by atoms with Gasteiger partial charge in [-0.3, -0.25) is 0 Å². The Bertz CT molecular complexity index is 898. The number of nitrogens with zero attached hydrogens (tertiary/aromatic N) is 2. The van der Waals surface area contributed by atoms with Crippen molar-refractivity contribution in [2.24, 2.45) is 5.73 Å². The molecule has 0 fully saturated rings. The summed E-state index contributed by atoms with van der Waals surface area (Å²) in [5.74, 6) is 2.07. The summed E-state index contributed by atoms with van der Waals surface area (Å²) in [6.07, 6.45) is 0. The summed E-state index contributed by atoms with van der Waals surface area (Å²) in [4.78, 5) is 4.86. The number of hydrogen-bond donors (Lipinski definition) is 3. The standard InChI is InChI=1S/C19H19ClN4.CH4NO.K/c1-13-5-7-16(8-6-13)22-19-18(14-3-2-4-15(20)11-14)23-17-12-21-9-10-24(17)19;2-1-3;/h2-8,11,21-22H,9-10,12H2,1H3;1-2H2;/q;-1;+1. The molecule has 0 aliphatic carbocycles. The second-order valence-corrected chi connectivity index (χ2v) is 6.66. The van der Waals surface area contributed by atoms with Crippen LogP contribution >= 0.6 is 11.6 Å². The van der Waals surface area contributed by atoms with Gasteiger partial charge in [-0.1, -0.05) is 48.2 Å². The second-order valence-electron chi connectivity index (χ2n) is 6.22. The van der Waals surface area contributed by atoms with E-state index in [4.69, 9.17) is 21.7 Å². The first-order chi connectivity index (χ1) is 13.1. The van der Waals surface area contributed by atoms with Crippen LogP contribution in [0.3, 0.4) is 0 Å². The van der Waals surface area contributed by atoms with Crippen LogP contribution < -0.4 is 72.9 Å². The van der Waals surface area contributed by atoms with Gasteiger partial charge >= 0.3 is 51.4 Å².